The van der Waals surface area contributed by atoms with Gasteiger partial charge in [0, 0.05) is 25.8 Å². The lowest BCUT2D eigenvalue weighted by Crippen LogP contribution is -2.18. The molecule has 0 amide bonds. The van der Waals surface area contributed by atoms with E-state index in [2.05, 4.69) is 36.9 Å². The van der Waals surface area contributed by atoms with Gasteiger partial charge >= 0.3 is 0 Å². The van der Waals surface area contributed by atoms with Gasteiger partial charge in [-0.15, -0.1) is 0 Å². The molecule has 0 fully saturated rings. The van der Waals surface area contributed by atoms with Gasteiger partial charge in [-0.05, 0) is 48.7 Å². The molecule has 3 heteroatoms. The van der Waals surface area contributed by atoms with E-state index in [1.807, 2.05) is 13.1 Å². The van der Waals surface area contributed by atoms with Crippen LogP contribution in [-0.4, -0.2) is 7.05 Å². The SMILES string of the molecule is Cc1ccc(N(C)Cc2cc(F)cc(CN)c2)c(C)c1. The summed E-state index contributed by atoms with van der Waals surface area (Å²) in [6, 6.07) is 11.4. The Morgan fingerprint density at radius 3 is 2.40 bits per heavy atom. The van der Waals surface area contributed by atoms with Gasteiger partial charge in [0.1, 0.15) is 5.82 Å². The van der Waals surface area contributed by atoms with E-state index in [0.29, 0.717) is 13.1 Å². The summed E-state index contributed by atoms with van der Waals surface area (Å²) in [7, 11) is 2.02. The smallest absolute Gasteiger partial charge is 0.123 e. The minimum Gasteiger partial charge on any atom is -0.370 e. The molecule has 0 heterocycles. The van der Waals surface area contributed by atoms with Gasteiger partial charge in [0.2, 0.25) is 0 Å². The third-order valence-electron chi connectivity index (χ3n) is 3.44. The number of rotatable bonds is 4. The highest BCUT2D eigenvalue weighted by molar-refractivity contribution is 5.54. The van der Waals surface area contributed by atoms with Crippen LogP contribution in [0.1, 0.15) is 22.3 Å². The maximum absolute atomic E-state index is 13.5. The molecule has 2 aromatic rings. The number of benzene rings is 2. The van der Waals surface area contributed by atoms with Crippen LogP contribution in [0.3, 0.4) is 0 Å². The van der Waals surface area contributed by atoms with E-state index >= 15 is 0 Å². The molecule has 0 unspecified atom stereocenters. The number of halogens is 1. The molecule has 0 aromatic heterocycles. The molecular formula is C17H21FN2. The summed E-state index contributed by atoms with van der Waals surface area (Å²) in [4.78, 5) is 2.13. The summed E-state index contributed by atoms with van der Waals surface area (Å²) in [6.07, 6.45) is 0. The Morgan fingerprint density at radius 1 is 1.05 bits per heavy atom. The van der Waals surface area contributed by atoms with Crippen LogP contribution < -0.4 is 10.6 Å². The Morgan fingerprint density at radius 2 is 1.75 bits per heavy atom. The standard InChI is InChI=1S/C17H21FN2/c1-12-4-5-17(13(2)6-12)20(3)11-15-7-14(10-19)8-16(18)9-15/h4-9H,10-11,19H2,1-3H3. The van der Waals surface area contributed by atoms with Crippen molar-refractivity contribution >= 4 is 5.69 Å². The zero-order chi connectivity index (χ0) is 14.7. The summed E-state index contributed by atoms with van der Waals surface area (Å²) < 4.78 is 13.5. The first-order valence-corrected chi connectivity index (χ1v) is 6.76. The first-order valence-electron chi connectivity index (χ1n) is 6.76. The van der Waals surface area contributed by atoms with Crippen LogP contribution in [0.15, 0.2) is 36.4 Å². The number of hydrogen-bond donors (Lipinski definition) is 1. The van der Waals surface area contributed by atoms with Crippen molar-refractivity contribution in [1.29, 1.82) is 0 Å². The molecule has 0 atom stereocenters. The molecule has 20 heavy (non-hydrogen) atoms. The predicted molar refractivity (Wildman–Crippen MR) is 82.3 cm³/mol. The van der Waals surface area contributed by atoms with Gasteiger partial charge in [-0.2, -0.15) is 0 Å². The van der Waals surface area contributed by atoms with E-state index in [0.717, 1.165) is 16.8 Å². The summed E-state index contributed by atoms with van der Waals surface area (Å²) >= 11 is 0. The third-order valence-corrected chi connectivity index (χ3v) is 3.44. The molecule has 0 aliphatic heterocycles. The van der Waals surface area contributed by atoms with Crippen molar-refractivity contribution in [1.82, 2.24) is 0 Å². The Kier molecular flexibility index (Phi) is 4.40. The van der Waals surface area contributed by atoms with E-state index < -0.39 is 0 Å². The fourth-order valence-electron chi connectivity index (χ4n) is 2.52. The minimum atomic E-state index is -0.225. The molecule has 0 saturated heterocycles. The molecule has 106 valence electrons. The first-order chi connectivity index (χ1) is 9.49. The van der Waals surface area contributed by atoms with Gasteiger partial charge in [-0.3, -0.25) is 0 Å². The normalized spacial score (nSPS) is 10.7. The average Bonchev–Trinajstić information content (AvgIpc) is 2.37. The lowest BCUT2D eigenvalue weighted by molar-refractivity contribution is 0.622. The average molecular weight is 272 g/mol. The Hall–Kier alpha value is -1.87. The van der Waals surface area contributed by atoms with Crippen molar-refractivity contribution in [3.8, 4) is 0 Å². The molecule has 0 bridgehead atoms. The zero-order valence-corrected chi connectivity index (χ0v) is 12.3. The van der Waals surface area contributed by atoms with Crippen molar-refractivity contribution in [2.75, 3.05) is 11.9 Å². The summed E-state index contributed by atoms with van der Waals surface area (Å²) in [5.74, 6) is -0.225. The summed E-state index contributed by atoms with van der Waals surface area (Å²) in [6.45, 7) is 5.19. The van der Waals surface area contributed by atoms with Gasteiger partial charge in [0.05, 0.1) is 0 Å². The van der Waals surface area contributed by atoms with E-state index in [9.17, 15) is 4.39 Å². The zero-order valence-electron chi connectivity index (χ0n) is 12.3. The van der Waals surface area contributed by atoms with Crippen LogP contribution in [0.2, 0.25) is 0 Å². The molecule has 0 radical (unpaired) electrons. The molecule has 2 N–H and O–H groups in total. The number of nitrogens with two attached hydrogens (primary N) is 1. The van der Waals surface area contributed by atoms with Gasteiger partial charge in [0.25, 0.3) is 0 Å². The molecule has 0 saturated carbocycles. The Balaban J connectivity index is 2.22. The Bertz CT molecular complexity index is 608. The molecule has 2 rings (SSSR count). The predicted octanol–water partition coefficient (Wildman–Crippen LogP) is 3.54. The van der Waals surface area contributed by atoms with Crippen LogP contribution in [-0.2, 0) is 13.1 Å². The van der Waals surface area contributed by atoms with E-state index in [1.54, 1.807) is 6.07 Å². The molecule has 2 aromatic carbocycles. The summed E-state index contributed by atoms with van der Waals surface area (Å²) in [5.41, 5.74) is 11.0. The highest BCUT2D eigenvalue weighted by Crippen LogP contribution is 2.22. The van der Waals surface area contributed by atoms with Crippen LogP contribution >= 0.6 is 0 Å². The fraction of sp³-hybridized carbons (Fsp3) is 0.294. The number of anilines is 1. The second-order valence-corrected chi connectivity index (χ2v) is 5.32. The van der Waals surface area contributed by atoms with Gasteiger partial charge in [0.15, 0.2) is 0 Å². The number of nitrogens with zero attached hydrogens (tertiary/aromatic N) is 1. The van der Waals surface area contributed by atoms with Crippen molar-refractivity contribution in [2.45, 2.75) is 26.9 Å². The minimum absolute atomic E-state index is 0.225. The van der Waals surface area contributed by atoms with Crippen molar-refractivity contribution in [3.05, 3.63) is 64.5 Å². The van der Waals surface area contributed by atoms with Crippen molar-refractivity contribution in [3.63, 3.8) is 0 Å². The van der Waals surface area contributed by atoms with Crippen LogP contribution in [0.4, 0.5) is 10.1 Å². The molecule has 2 nitrogen and oxygen atoms in total. The van der Waals surface area contributed by atoms with Crippen molar-refractivity contribution < 1.29 is 4.39 Å². The highest BCUT2D eigenvalue weighted by atomic mass is 19.1. The topological polar surface area (TPSA) is 29.3 Å². The lowest BCUT2D eigenvalue weighted by Gasteiger charge is -2.22. The van der Waals surface area contributed by atoms with Gasteiger partial charge in [-0.25, -0.2) is 4.39 Å². The van der Waals surface area contributed by atoms with Gasteiger partial charge < -0.3 is 10.6 Å². The lowest BCUT2D eigenvalue weighted by atomic mass is 10.1. The van der Waals surface area contributed by atoms with Crippen LogP contribution in [0, 0.1) is 19.7 Å². The van der Waals surface area contributed by atoms with Crippen LogP contribution in [0.5, 0.6) is 0 Å². The largest absolute Gasteiger partial charge is 0.370 e. The second-order valence-electron chi connectivity index (χ2n) is 5.32. The third kappa shape index (κ3) is 3.36. The number of hydrogen-bond acceptors (Lipinski definition) is 2. The fourth-order valence-corrected chi connectivity index (χ4v) is 2.52. The van der Waals surface area contributed by atoms with E-state index in [4.69, 9.17) is 5.73 Å². The monoisotopic (exact) mass is 272 g/mol. The quantitative estimate of drug-likeness (QED) is 0.922. The van der Waals surface area contributed by atoms with Gasteiger partial charge in [-0.1, -0.05) is 23.8 Å². The van der Waals surface area contributed by atoms with E-state index in [1.165, 1.54) is 17.2 Å². The maximum Gasteiger partial charge on any atom is 0.123 e. The maximum atomic E-state index is 13.5. The second kappa shape index (κ2) is 6.06. The summed E-state index contributed by atoms with van der Waals surface area (Å²) in [5, 5.41) is 0. The van der Waals surface area contributed by atoms with Crippen LogP contribution in [0.25, 0.3) is 0 Å². The highest BCUT2D eigenvalue weighted by Gasteiger charge is 2.07. The van der Waals surface area contributed by atoms with E-state index in [-0.39, 0.29) is 5.82 Å². The number of aryl methyl sites for hydroxylation is 2. The molecule has 0 aliphatic carbocycles. The first kappa shape index (κ1) is 14.5. The Labute approximate surface area is 120 Å². The molecule has 0 spiro atoms. The molecular weight excluding hydrogens is 251 g/mol. The van der Waals surface area contributed by atoms with Crippen molar-refractivity contribution in [2.24, 2.45) is 5.73 Å². The molecule has 0 aliphatic rings.